The molecule has 0 aromatic heterocycles. The van der Waals surface area contributed by atoms with E-state index >= 15 is 0 Å². The van der Waals surface area contributed by atoms with Crippen molar-refractivity contribution in [3.05, 3.63) is 0 Å². The lowest BCUT2D eigenvalue weighted by Gasteiger charge is -2.25. The molecular weight excluding hydrogens is 601 g/mol. The lowest BCUT2D eigenvalue weighted by atomic mass is 11.3. The van der Waals surface area contributed by atoms with Crippen molar-refractivity contribution >= 4 is 65.1 Å². The molecule has 0 saturated heterocycles. The normalized spacial score (nSPS) is 12.8. The highest BCUT2D eigenvalue weighted by molar-refractivity contribution is 7.10. The summed E-state index contributed by atoms with van der Waals surface area (Å²) in [7, 11) is -16.8. The van der Waals surface area contributed by atoms with Gasteiger partial charge in [0.25, 0.3) is 0 Å². The molecule has 0 aliphatic heterocycles. The Hall–Kier alpha value is -0.945. The van der Waals surface area contributed by atoms with E-state index in [2.05, 4.69) is 184 Å². The molecule has 9 heteroatoms. The Morgan fingerprint density at radius 1 is 0.231 bits per heavy atom. The summed E-state index contributed by atoms with van der Waals surface area (Å²) in [5.41, 5.74) is 43.7. The van der Waals surface area contributed by atoms with Crippen LogP contribution in [0.25, 0.3) is 0 Å². The fourth-order valence-electron chi connectivity index (χ4n) is 2.22. The lowest BCUT2D eigenvalue weighted by molar-refractivity contribution is 0.609. The Morgan fingerprint density at radius 3 is 0.462 bits per heavy atom. The van der Waals surface area contributed by atoms with E-state index < -0.39 is 65.1 Å². The molecule has 0 fully saturated rings. The quantitative estimate of drug-likeness (QED) is 0.223. The van der Waals surface area contributed by atoms with Crippen molar-refractivity contribution < 1.29 is 4.12 Å². The largest absolute Gasteiger partial charge is 0.426 e. The molecule has 212 valence electrons. The molecule has 39 heavy (non-hydrogen) atoms. The number of hydrogen-bond donors (Lipinski definition) is 0. The molecule has 0 atom stereocenters. The molecular formula is C30H54OSi8. The van der Waals surface area contributed by atoms with Crippen molar-refractivity contribution in [1.82, 2.24) is 0 Å². The molecule has 1 nitrogen and oxygen atoms in total. The first kappa shape index (κ1) is 38.1. The predicted octanol–water partition coefficient (Wildman–Crippen LogP) is 7.41. The summed E-state index contributed by atoms with van der Waals surface area (Å²) in [6.45, 7) is 40.8. The van der Waals surface area contributed by atoms with Crippen LogP contribution >= 0.6 is 0 Å². The predicted molar refractivity (Wildman–Crippen MR) is 199 cm³/mol. The van der Waals surface area contributed by atoms with E-state index in [1.165, 1.54) is 0 Å². The van der Waals surface area contributed by atoms with E-state index in [9.17, 15) is 0 Å². The zero-order valence-electron chi connectivity index (χ0n) is 28.4. The van der Waals surface area contributed by atoms with Crippen LogP contribution in [0.3, 0.4) is 0 Å². The summed E-state index contributed by atoms with van der Waals surface area (Å²) in [5.74, 6) is 0. The van der Waals surface area contributed by atoms with Gasteiger partial charge in [0.2, 0.25) is 0 Å². The molecule has 0 saturated carbocycles. The molecule has 0 unspecified atom stereocenters. The Morgan fingerprint density at radius 2 is 0.359 bits per heavy atom. The summed E-state index contributed by atoms with van der Waals surface area (Å²) in [6, 6.07) is 0. The van der Waals surface area contributed by atoms with Crippen molar-refractivity contribution in [3.63, 3.8) is 0 Å². The van der Waals surface area contributed by atoms with Crippen molar-refractivity contribution in [2.75, 3.05) is 0 Å². The highest BCUT2D eigenvalue weighted by Gasteiger charge is 2.45. The zero-order chi connectivity index (χ0) is 31.2. The lowest BCUT2D eigenvalue weighted by Crippen LogP contribution is -2.51. The zero-order valence-corrected chi connectivity index (χ0v) is 36.4. The molecule has 0 aliphatic carbocycles. The minimum absolute atomic E-state index is 1.73. The first-order chi connectivity index (χ1) is 16.9. The number of rotatable bonds is 2. The van der Waals surface area contributed by atoms with Crippen LogP contribution in [0.4, 0.5) is 0 Å². The second-order valence-electron chi connectivity index (χ2n) is 16.5. The van der Waals surface area contributed by atoms with Gasteiger partial charge in [-0.3, -0.25) is 0 Å². The van der Waals surface area contributed by atoms with Crippen LogP contribution in [0, 0.1) is 66.5 Å². The first-order valence-corrected chi connectivity index (χ1v) is 38.7. The van der Waals surface area contributed by atoms with Crippen LogP contribution in [0.5, 0.6) is 0 Å². The summed E-state index contributed by atoms with van der Waals surface area (Å²) in [6.07, 6.45) is 0. The first-order valence-electron chi connectivity index (χ1n) is 13.9. The fourth-order valence-corrected chi connectivity index (χ4v) is 18.9. The third kappa shape index (κ3) is 20.6. The van der Waals surface area contributed by atoms with Gasteiger partial charge in [0.15, 0.2) is 0 Å². The Kier molecular flexibility index (Phi) is 13.0. The van der Waals surface area contributed by atoms with Gasteiger partial charge in [0, 0.05) is 0 Å². The Balaban J connectivity index is 8.17. The van der Waals surface area contributed by atoms with Gasteiger partial charge in [-0.05, 0) is 0 Å². The van der Waals surface area contributed by atoms with Crippen LogP contribution in [0.1, 0.15) is 0 Å². The van der Waals surface area contributed by atoms with Crippen molar-refractivity contribution in [2.45, 2.75) is 118 Å². The molecule has 0 aromatic carbocycles. The van der Waals surface area contributed by atoms with E-state index in [1.807, 2.05) is 0 Å². The maximum atomic E-state index is 7.37. The van der Waals surface area contributed by atoms with Crippen molar-refractivity contribution in [1.29, 1.82) is 0 Å². The highest BCUT2D eigenvalue weighted by Crippen LogP contribution is 2.17. The molecule has 0 aromatic rings. The van der Waals surface area contributed by atoms with Crippen LogP contribution in [-0.2, 0) is 4.12 Å². The SMILES string of the molecule is C[Si](C)(C)C#C[Si](C#C[Si](C)(C)C)(C#C[Si](C)(C)C)O[Si](C#C[Si](C)(C)C)(C#C[Si](C)(C)C)C#C[Si](C)(C)C. The molecule has 0 rings (SSSR count). The third-order valence-corrected chi connectivity index (χ3v) is 16.0. The molecule has 0 bridgehead atoms. The Bertz CT molecular complexity index is 1010. The minimum Gasteiger partial charge on any atom is -0.401 e. The average Bonchev–Trinajstić information content (AvgIpc) is 2.66. The van der Waals surface area contributed by atoms with Gasteiger partial charge in [-0.25, -0.2) is 0 Å². The van der Waals surface area contributed by atoms with E-state index in [4.69, 9.17) is 4.12 Å². The van der Waals surface area contributed by atoms with Gasteiger partial charge in [-0.1, -0.05) is 151 Å². The van der Waals surface area contributed by atoms with E-state index in [-0.39, 0.29) is 0 Å². The van der Waals surface area contributed by atoms with Crippen molar-refractivity contribution in [3.8, 4) is 66.5 Å². The van der Waals surface area contributed by atoms with Crippen LogP contribution in [-0.4, -0.2) is 65.1 Å². The molecule has 0 amide bonds. The maximum Gasteiger partial charge on any atom is 0.426 e. The van der Waals surface area contributed by atoms with Gasteiger partial charge >= 0.3 is 16.6 Å². The van der Waals surface area contributed by atoms with Crippen LogP contribution in [0.15, 0.2) is 0 Å². The fraction of sp³-hybridized carbons (Fsp3) is 0.600. The second kappa shape index (κ2) is 13.4. The smallest absolute Gasteiger partial charge is 0.401 e. The standard InChI is InChI=1S/C30H54OSi8/c1-32(2,3)19-25-38(26-20-33(4,5)6,27-21-34(7,8)9)31-39(28-22-35(10,11)12,29-23-36(13,14)15)30-24-37(16,17)18/h1-18H3. The van der Waals surface area contributed by atoms with Crippen molar-refractivity contribution in [2.24, 2.45) is 0 Å². The summed E-state index contributed by atoms with van der Waals surface area (Å²) >= 11 is 0. The van der Waals surface area contributed by atoms with Gasteiger partial charge < -0.3 is 4.12 Å². The van der Waals surface area contributed by atoms with E-state index in [0.717, 1.165) is 0 Å². The van der Waals surface area contributed by atoms with Crippen LogP contribution < -0.4 is 0 Å². The molecule has 0 heterocycles. The maximum absolute atomic E-state index is 7.37. The average molecular weight is 655 g/mol. The molecule has 0 radical (unpaired) electrons. The van der Waals surface area contributed by atoms with Gasteiger partial charge in [-0.15, -0.1) is 33.3 Å². The summed E-state index contributed by atoms with van der Waals surface area (Å²) in [4.78, 5) is 0. The van der Waals surface area contributed by atoms with E-state index in [1.54, 1.807) is 0 Å². The summed E-state index contributed by atoms with van der Waals surface area (Å²) < 4.78 is 7.37. The monoisotopic (exact) mass is 654 g/mol. The Labute approximate surface area is 252 Å². The number of hydrogen-bond acceptors (Lipinski definition) is 1. The van der Waals surface area contributed by atoms with Gasteiger partial charge in [0.05, 0.1) is 0 Å². The van der Waals surface area contributed by atoms with Gasteiger partial charge in [-0.2, -0.15) is 0 Å². The van der Waals surface area contributed by atoms with E-state index in [0.29, 0.717) is 0 Å². The highest BCUT2D eigenvalue weighted by atomic mass is 28.4. The van der Waals surface area contributed by atoms with Crippen LogP contribution in [0.2, 0.25) is 118 Å². The topological polar surface area (TPSA) is 9.23 Å². The minimum atomic E-state index is -3.23. The van der Waals surface area contributed by atoms with Gasteiger partial charge in [0.1, 0.15) is 48.4 Å². The summed E-state index contributed by atoms with van der Waals surface area (Å²) in [5, 5.41) is 0. The molecule has 0 N–H and O–H groups in total. The molecule has 0 aliphatic rings. The third-order valence-electron chi connectivity index (χ3n) is 3.99. The molecule has 0 spiro atoms. The second-order valence-corrected chi connectivity index (χ2v) is 50.0.